The molecule has 2 N–H and O–H groups in total. The molecule has 1 saturated heterocycles. The van der Waals surface area contributed by atoms with Gasteiger partial charge in [-0.15, -0.1) is 0 Å². The molecule has 1 aliphatic heterocycles. The van der Waals surface area contributed by atoms with Crippen molar-refractivity contribution in [3.63, 3.8) is 0 Å². The maximum absolute atomic E-state index is 9.99. The van der Waals surface area contributed by atoms with E-state index in [1.54, 1.807) is 0 Å². The first-order valence-corrected chi connectivity index (χ1v) is 6.93. The van der Waals surface area contributed by atoms with Gasteiger partial charge in [0.25, 0.3) is 0 Å². The van der Waals surface area contributed by atoms with Crippen molar-refractivity contribution in [3.8, 4) is 0 Å². The third-order valence-electron chi connectivity index (χ3n) is 3.59. The molecule has 0 aromatic carbocycles. The van der Waals surface area contributed by atoms with Gasteiger partial charge in [-0.3, -0.25) is 0 Å². The van der Waals surface area contributed by atoms with Crippen molar-refractivity contribution in [2.75, 3.05) is 26.2 Å². The highest BCUT2D eigenvalue weighted by atomic mass is 16.3. The lowest BCUT2D eigenvalue weighted by Crippen LogP contribution is -2.44. The summed E-state index contributed by atoms with van der Waals surface area (Å²) in [5.41, 5.74) is 0.0897. The molecule has 3 heteroatoms. The molecule has 1 fully saturated rings. The number of nitrogens with zero attached hydrogens (tertiary/aromatic N) is 1. The van der Waals surface area contributed by atoms with E-state index >= 15 is 0 Å². The van der Waals surface area contributed by atoms with Crippen LogP contribution in [0, 0.1) is 11.8 Å². The van der Waals surface area contributed by atoms with Crippen molar-refractivity contribution >= 4 is 0 Å². The lowest BCUT2D eigenvalue weighted by Gasteiger charge is -2.25. The van der Waals surface area contributed by atoms with Gasteiger partial charge in [0.15, 0.2) is 0 Å². The molecule has 1 heterocycles. The van der Waals surface area contributed by atoms with E-state index < -0.39 is 0 Å². The van der Waals surface area contributed by atoms with E-state index in [1.807, 2.05) is 0 Å². The Kier molecular flexibility index (Phi) is 5.42. The molecule has 0 saturated carbocycles. The summed E-state index contributed by atoms with van der Waals surface area (Å²) in [7, 11) is 0. The van der Waals surface area contributed by atoms with Gasteiger partial charge in [0.2, 0.25) is 0 Å². The fourth-order valence-electron chi connectivity index (χ4n) is 2.36. The summed E-state index contributed by atoms with van der Waals surface area (Å²) in [5, 5.41) is 13.3. The van der Waals surface area contributed by atoms with Crippen molar-refractivity contribution < 1.29 is 5.11 Å². The molecule has 0 aromatic rings. The molecule has 0 aliphatic carbocycles. The zero-order valence-electron chi connectivity index (χ0n) is 12.2. The van der Waals surface area contributed by atoms with Crippen LogP contribution in [0.2, 0.25) is 0 Å². The van der Waals surface area contributed by atoms with Gasteiger partial charge in [0.05, 0.1) is 6.10 Å². The molecule has 3 nitrogen and oxygen atoms in total. The second-order valence-corrected chi connectivity index (χ2v) is 6.84. The first-order valence-electron chi connectivity index (χ1n) is 6.93. The molecule has 2 unspecified atom stereocenters. The van der Waals surface area contributed by atoms with Crippen LogP contribution in [-0.4, -0.2) is 47.8 Å². The summed E-state index contributed by atoms with van der Waals surface area (Å²) in [6.07, 6.45) is 1.04. The third-order valence-corrected chi connectivity index (χ3v) is 3.59. The first kappa shape index (κ1) is 14.9. The topological polar surface area (TPSA) is 35.5 Å². The largest absolute Gasteiger partial charge is 0.390 e. The number of rotatable bonds is 5. The number of β-amino-alcohol motifs (C(OH)–C–C–N with tert-alkyl or cyclic N) is 1. The molecule has 0 spiro atoms. The molecular weight excluding hydrogens is 212 g/mol. The number of hydrogen-bond donors (Lipinski definition) is 2. The van der Waals surface area contributed by atoms with Gasteiger partial charge >= 0.3 is 0 Å². The Labute approximate surface area is 107 Å². The minimum atomic E-state index is -0.250. The SMILES string of the molecule is CC(C)C1CCN(CC(O)CNC(C)(C)C)C1. The fraction of sp³-hybridized carbons (Fsp3) is 1.00. The van der Waals surface area contributed by atoms with Crippen LogP contribution in [0.4, 0.5) is 0 Å². The molecule has 1 rings (SSSR count). The maximum atomic E-state index is 9.99. The van der Waals surface area contributed by atoms with E-state index in [1.165, 1.54) is 6.42 Å². The number of hydrogen-bond acceptors (Lipinski definition) is 3. The smallest absolute Gasteiger partial charge is 0.0791 e. The van der Waals surface area contributed by atoms with Crippen LogP contribution >= 0.6 is 0 Å². The molecule has 0 radical (unpaired) electrons. The molecule has 1 aliphatic rings. The van der Waals surface area contributed by atoms with Crippen LogP contribution in [0.25, 0.3) is 0 Å². The Morgan fingerprint density at radius 3 is 2.47 bits per heavy atom. The lowest BCUT2D eigenvalue weighted by atomic mass is 9.95. The van der Waals surface area contributed by atoms with E-state index in [0.29, 0.717) is 6.54 Å². The maximum Gasteiger partial charge on any atom is 0.0791 e. The summed E-state index contributed by atoms with van der Waals surface area (Å²) in [5.74, 6) is 1.59. The zero-order valence-corrected chi connectivity index (χ0v) is 12.2. The molecule has 0 aromatic heterocycles. The van der Waals surface area contributed by atoms with E-state index in [9.17, 15) is 5.11 Å². The number of aliphatic hydroxyl groups excluding tert-OH is 1. The number of likely N-dealkylation sites (tertiary alicyclic amines) is 1. The summed E-state index contributed by atoms with van der Waals surface area (Å²) < 4.78 is 0. The van der Waals surface area contributed by atoms with E-state index in [-0.39, 0.29) is 11.6 Å². The standard InChI is InChI=1S/C14H30N2O/c1-11(2)12-6-7-16(9-12)10-13(17)8-15-14(3,4)5/h11-13,15,17H,6-10H2,1-5H3. The number of nitrogens with one attached hydrogen (secondary N) is 1. The zero-order chi connectivity index (χ0) is 13.1. The Hall–Kier alpha value is -0.120. The average Bonchev–Trinajstić information content (AvgIpc) is 2.62. The average molecular weight is 242 g/mol. The highest BCUT2D eigenvalue weighted by Gasteiger charge is 2.26. The highest BCUT2D eigenvalue weighted by Crippen LogP contribution is 2.23. The second kappa shape index (κ2) is 6.17. The molecule has 0 bridgehead atoms. The molecule has 0 amide bonds. The Morgan fingerprint density at radius 1 is 1.35 bits per heavy atom. The summed E-state index contributed by atoms with van der Waals surface area (Å²) in [4.78, 5) is 2.40. The molecule has 2 atom stereocenters. The Bertz CT molecular complexity index is 223. The summed E-state index contributed by atoms with van der Waals surface area (Å²) in [6, 6.07) is 0. The lowest BCUT2D eigenvalue weighted by molar-refractivity contribution is 0.113. The van der Waals surface area contributed by atoms with Gasteiger partial charge in [-0.05, 0) is 45.6 Å². The first-order chi connectivity index (χ1) is 7.78. The van der Waals surface area contributed by atoms with Crippen LogP contribution in [0.15, 0.2) is 0 Å². The minimum Gasteiger partial charge on any atom is -0.390 e. The number of aliphatic hydroxyl groups is 1. The Balaban J connectivity index is 2.22. The predicted molar refractivity (Wildman–Crippen MR) is 73.1 cm³/mol. The summed E-state index contributed by atoms with van der Waals surface area (Å²) >= 11 is 0. The van der Waals surface area contributed by atoms with E-state index in [2.05, 4.69) is 44.8 Å². The second-order valence-electron chi connectivity index (χ2n) is 6.84. The van der Waals surface area contributed by atoms with Crippen molar-refractivity contribution in [1.29, 1.82) is 0 Å². The predicted octanol–water partition coefficient (Wildman–Crippen LogP) is 1.71. The molecule has 17 heavy (non-hydrogen) atoms. The molecule has 102 valence electrons. The van der Waals surface area contributed by atoms with Crippen molar-refractivity contribution in [3.05, 3.63) is 0 Å². The van der Waals surface area contributed by atoms with Gasteiger partial charge in [-0.25, -0.2) is 0 Å². The van der Waals surface area contributed by atoms with Crippen LogP contribution in [0.5, 0.6) is 0 Å². The van der Waals surface area contributed by atoms with Gasteiger partial charge in [0, 0.05) is 25.2 Å². The van der Waals surface area contributed by atoms with Crippen LogP contribution < -0.4 is 5.32 Å². The van der Waals surface area contributed by atoms with Gasteiger partial charge in [-0.2, -0.15) is 0 Å². The van der Waals surface area contributed by atoms with Gasteiger partial charge < -0.3 is 15.3 Å². The van der Waals surface area contributed by atoms with Crippen LogP contribution in [-0.2, 0) is 0 Å². The van der Waals surface area contributed by atoms with Crippen molar-refractivity contribution in [1.82, 2.24) is 10.2 Å². The molecular formula is C14H30N2O. The Morgan fingerprint density at radius 2 is 2.00 bits per heavy atom. The fourth-order valence-corrected chi connectivity index (χ4v) is 2.36. The third kappa shape index (κ3) is 5.84. The van der Waals surface area contributed by atoms with E-state index in [4.69, 9.17) is 0 Å². The normalized spacial score (nSPS) is 24.5. The highest BCUT2D eigenvalue weighted by molar-refractivity contribution is 4.81. The van der Waals surface area contributed by atoms with Gasteiger partial charge in [0.1, 0.15) is 0 Å². The van der Waals surface area contributed by atoms with E-state index in [0.717, 1.165) is 31.5 Å². The van der Waals surface area contributed by atoms with Gasteiger partial charge in [-0.1, -0.05) is 13.8 Å². The van der Waals surface area contributed by atoms with Crippen LogP contribution in [0.3, 0.4) is 0 Å². The van der Waals surface area contributed by atoms with Crippen molar-refractivity contribution in [2.24, 2.45) is 11.8 Å². The van der Waals surface area contributed by atoms with Crippen LogP contribution in [0.1, 0.15) is 41.0 Å². The van der Waals surface area contributed by atoms with Crippen molar-refractivity contribution in [2.45, 2.75) is 52.7 Å². The minimum absolute atomic E-state index is 0.0897. The quantitative estimate of drug-likeness (QED) is 0.770. The summed E-state index contributed by atoms with van der Waals surface area (Å²) in [6.45, 7) is 14.8. The monoisotopic (exact) mass is 242 g/mol.